The summed E-state index contributed by atoms with van der Waals surface area (Å²) in [6, 6.07) is 4.13. The SMILES string of the molecule is CCC(C)n1nc(-c2cnc(N)c(OC(F)(F)F)c2)cc1C1C2CC(N3CC4(CCCO4)C3)CC21. The van der Waals surface area contributed by atoms with Crippen LogP contribution in [0.4, 0.5) is 19.0 Å². The molecule has 2 saturated carbocycles. The highest BCUT2D eigenvalue weighted by atomic mass is 19.4. The van der Waals surface area contributed by atoms with Crippen molar-refractivity contribution < 1.29 is 22.6 Å². The van der Waals surface area contributed by atoms with E-state index in [0.717, 1.165) is 26.1 Å². The maximum Gasteiger partial charge on any atom is 0.573 e. The average molecular weight is 492 g/mol. The summed E-state index contributed by atoms with van der Waals surface area (Å²) in [7, 11) is 0. The van der Waals surface area contributed by atoms with E-state index in [0.29, 0.717) is 35.1 Å². The lowest BCUT2D eigenvalue weighted by atomic mass is 9.88. The summed E-state index contributed by atoms with van der Waals surface area (Å²) < 4.78 is 50.5. The fourth-order valence-electron chi connectivity index (χ4n) is 6.63. The molecule has 4 aliphatic rings. The van der Waals surface area contributed by atoms with Crippen molar-refractivity contribution in [2.24, 2.45) is 11.8 Å². The highest BCUT2D eigenvalue weighted by Gasteiger charge is 2.61. The van der Waals surface area contributed by atoms with Gasteiger partial charge in [0.1, 0.15) is 0 Å². The second-order valence-electron chi connectivity index (χ2n) is 10.8. The van der Waals surface area contributed by atoms with Crippen LogP contribution in [-0.4, -0.2) is 57.4 Å². The minimum atomic E-state index is -4.84. The fourth-order valence-corrected chi connectivity index (χ4v) is 6.63. The number of anilines is 1. The normalized spacial score (nSPS) is 30.3. The number of nitrogens with two attached hydrogens (primary N) is 1. The van der Waals surface area contributed by atoms with Gasteiger partial charge in [0.2, 0.25) is 0 Å². The average Bonchev–Trinajstić information content (AvgIpc) is 3.27. The number of rotatable bonds is 6. The molecule has 2 aliphatic carbocycles. The van der Waals surface area contributed by atoms with E-state index < -0.39 is 12.1 Å². The summed E-state index contributed by atoms with van der Waals surface area (Å²) >= 11 is 0. The molecule has 6 rings (SSSR count). The number of pyridine rings is 1. The molecule has 2 saturated heterocycles. The zero-order valence-electron chi connectivity index (χ0n) is 20.1. The zero-order chi connectivity index (χ0) is 24.5. The Morgan fingerprint density at radius 2 is 2.00 bits per heavy atom. The lowest BCUT2D eigenvalue weighted by molar-refractivity contribution is -0.274. The molecule has 4 heterocycles. The first-order chi connectivity index (χ1) is 16.7. The van der Waals surface area contributed by atoms with E-state index in [1.807, 2.05) is 6.07 Å². The van der Waals surface area contributed by atoms with Crippen LogP contribution < -0.4 is 10.5 Å². The van der Waals surface area contributed by atoms with Gasteiger partial charge in [-0.2, -0.15) is 5.10 Å². The van der Waals surface area contributed by atoms with Crippen molar-refractivity contribution in [3.63, 3.8) is 0 Å². The third kappa shape index (κ3) is 4.08. The molecule has 35 heavy (non-hydrogen) atoms. The first-order valence-corrected chi connectivity index (χ1v) is 12.7. The summed E-state index contributed by atoms with van der Waals surface area (Å²) in [6.45, 7) is 7.29. The van der Waals surface area contributed by atoms with E-state index in [1.165, 1.54) is 43.6 Å². The number of halogens is 3. The van der Waals surface area contributed by atoms with Crippen molar-refractivity contribution in [3.8, 4) is 17.0 Å². The summed E-state index contributed by atoms with van der Waals surface area (Å²) in [5.41, 5.74) is 8.00. The molecule has 2 aromatic heterocycles. The Morgan fingerprint density at radius 1 is 1.26 bits per heavy atom. The maximum absolute atomic E-state index is 12.8. The number of hydrogen-bond acceptors (Lipinski definition) is 6. The van der Waals surface area contributed by atoms with E-state index in [4.69, 9.17) is 15.6 Å². The third-order valence-electron chi connectivity index (χ3n) is 8.62. The van der Waals surface area contributed by atoms with Gasteiger partial charge in [-0.3, -0.25) is 9.58 Å². The van der Waals surface area contributed by atoms with E-state index in [1.54, 1.807) is 0 Å². The van der Waals surface area contributed by atoms with Crippen molar-refractivity contribution in [2.75, 3.05) is 25.4 Å². The molecule has 0 radical (unpaired) electrons. The minimum absolute atomic E-state index is 0.137. The molecule has 7 nitrogen and oxygen atoms in total. The lowest BCUT2D eigenvalue weighted by Crippen LogP contribution is -2.64. The molecule has 3 atom stereocenters. The predicted octanol–water partition coefficient (Wildman–Crippen LogP) is 4.75. The van der Waals surface area contributed by atoms with Crippen LogP contribution in [0.3, 0.4) is 0 Å². The van der Waals surface area contributed by atoms with Crippen LogP contribution in [0.5, 0.6) is 5.75 Å². The molecule has 4 fully saturated rings. The quantitative estimate of drug-likeness (QED) is 0.628. The predicted molar refractivity (Wildman–Crippen MR) is 124 cm³/mol. The van der Waals surface area contributed by atoms with Crippen LogP contribution in [0.25, 0.3) is 11.3 Å². The van der Waals surface area contributed by atoms with Gasteiger partial charge < -0.3 is 15.2 Å². The van der Waals surface area contributed by atoms with Crippen LogP contribution in [0.1, 0.15) is 63.6 Å². The Bertz CT molecular complexity index is 1090. The van der Waals surface area contributed by atoms with Gasteiger partial charge in [0, 0.05) is 55.2 Å². The Kier molecular flexibility index (Phi) is 5.34. The zero-order valence-corrected chi connectivity index (χ0v) is 20.1. The number of fused-ring (bicyclic) bond motifs is 1. The standard InChI is InChI=1S/C25H32F3N5O2/c1-3-14(2)33-20(10-19(31-33)15-7-21(23(29)30-11-15)35-25(26,27)28)22-17-8-16(9-18(17)22)32-12-24(13-32)5-4-6-34-24/h7,10-11,14,16-18,22H,3-6,8-9,12-13H2,1-2H3,(H2,29,30). The fraction of sp³-hybridized carbons (Fsp3) is 0.680. The van der Waals surface area contributed by atoms with Gasteiger partial charge in [0.15, 0.2) is 11.6 Å². The minimum Gasteiger partial charge on any atom is -0.402 e. The van der Waals surface area contributed by atoms with Gasteiger partial charge in [-0.1, -0.05) is 6.92 Å². The molecule has 2 N–H and O–H groups in total. The van der Waals surface area contributed by atoms with Crippen LogP contribution in [0.15, 0.2) is 18.3 Å². The molecule has 10 heteroatoms. The Balaban J connectivity index is 1.20. The summed E-state index contributed by atoms with van der Waals surface area (Å²) in [4.78, 5) is 6.53. The molecule has 0 bridgehead atoms. The van der Waals surface area contributed by atoms with E-state index in [2.05, 4.69) is 33.2 Å². The highest BCUT2D eigenvalue weighted by Crippen LogP contribution is 2.65. The Labute approximate surface area is 202 Å². The highest BCUT2D eigenvalue weighted by molar-refractivity contribution is 5.64. The molecule has 2 aliphatic heterocycles. The van der Waals surface area contributed by atoms with Crippen molar-refractivity contribution in [3.05, 3.63) is 24.0 Å². The van der Waals surface area contributed by atoms with E-state index in [9.17, 15) is 13.2 Å². The molecule has 190 valence electrons. The van der Waals surface area contributed by atoms with Crippen LogP contribution >= 0.6 is 0 Å². The van der Waals surface area contributed by atoms with Gasteiger partial charge >= 0.3 is 6.36 Å². The number of ether oxygens (including phenoxy) is 2. The van der Waals surface area contributed by atoms with Gasteiger partial charge in [-0.25, -0.2) is 4.98 Å². The summed E-state index contributed by atoms with van der Waals surface area (Å²) in [5.74, 6) is 0.932. The molecule has 0 aromatic carbocycles. The number of nitrogens with zero attached hydrogens (tertiary/aromatic N) is 4. The van der Waals surface area contributed by atoms with Crippen LogP contribution in [0, 0.1) is 11.8 Å². The molecule has 0 amide bonds. The van der Waals surface area contributed by atoms with Crippen molar-refractivity contribution in [1.82, 2.24) is 19.7 Å². The number of likely N-dealkylation sites (tertiary alicyclic amines) is 1. The smallest absolute Gasteiger partial charge is 0.402 e. The largest absolute Gasteiger partial charge is 0.573 e. The van der Waals surface area contributed by atoms with Crippen molar-refractivity contribution >= 4 is 5.82 Å². The van der Waals surface area contributed by atoms with Crippen molar-refractivity contribution in [1.29, 1.82) is 0 Å². The Hall–Kier alpha value is -2.33. The second kappa shape index (κ2) is 8.09. The van der Waals surface area contributed by atoms with Crippen LogP contribution in [0.2, 0.25) is 0 Å². The molecule has 2 aromatic rings. The molecular formula is C25H32F3N5O2. The van der Waals surface area contributed by atoms with E-state index >= 15 is 0 Å². The molecule has 3 unspecified atom stereocenters. The topological polar surface area (TPSA) is 78.4 Å². The number of aromatic nitrogens is 3. The first-order valence-electron chi connectivity index (χ1n) is 12.7. The lowest BCUT2D eigenvalue weighted by Gasteiger charge is -2.50. The summed E-state index contributed by atoms with van der Waals surface area (Å²) in [6.07, 6.45) is 2.30. The molecular weight excluding hydrogens is 459 g/mol. The Morgan fingerprint density at radius 3 is 2.63 bits per heavy atom. The van der Waals surface area contributed by atoms with Gasteiger partial charge in [0.25, 0.3) is 0 Å². The van der Waals surface area contributed by atoms with E-state index in [-0.39, 0.29) is 17.5 Å². The first kappa shape index (κ1) is 23.1. The van der Waals surface area contributed by atoms with Crippen LogP contribution in [-0.2, 0) is 4.74 Å². The number of alkyl halides is 3. The number of hydrogen-bond donors (Lipinski definition) is 1. The second-order valence-corrected chi connectivity index (χ2v) is 10.8. The maximum atomic E-state index is 12.8. The van der Waals surface area contributed by atoms with Gasteiger partial charge in [-0.15, -0.1) is 13.2 Å². The summed E-state index contributed by atoms with van der Waals surface area (Å²) in [5, 5.41) is 4.81. The van der Waals surface area contributed by atoms with Gasteiger partial charge in [0.05, 0.1) is 11.3 Å². The van der Waals surface area contributed by atoms with Gasteiger partial charge in [-0.05, 0) is 63.0 Å². The third-order valence-corrected chi connectivity index (χ3v) is 8.62. The van der Waals surface area contributed by atoms with Crippen molar-refractivity contribution in [2.45, 2.75) is 75.9 Å². The molecule has 1 spiro atoms. The number of nitrogen functional groups attached to an aromatic ring is 1. The monoisotopic (exact) mass is 491 g/mol.